The summed E-state index contributed by atoms with van der Waals surface area (Å²) in [5.74, 6) is -6.39. The van der Waals surface area contributed by atoms with Crippen LogP contribution in [0.3, 0.4) is 0 Å². The standard InChI is InChI=1S/C10H10F2N2O5S/c11-10(12)20(18,19)4-3-13-8(15)7-2-1-6(5-14-7)9(16)17/h1-2,5,10H,3-4H2,(H,13,15)(H,16,17). The maximum atomic E-state index is 12.0. The van der Waals surface area contributed by atoms with Crippen molar-refractivity contribution in [3.63, 3.8) is 0 Å². The molecule has 0 spiro atoms. The van der Waals surface area contributed by atoms with Gasteiger partial charge in [0, 0.05) is 12.7 Å². The van der Waals surface area contributed by atoms with E-state index in [4.69, 9.17) is 5.11 Å². The molecule has 0 fully saturated rings. The Hall–Kier alpha value is -2.10. The average molecular weight is 308 g/mol. The molecule has 0 radical (unpaired) electrons. The molecule has 7 nitrogen and oxygen atoms in total. The van der Waals surface area contributed by atoms with Gasteiger partial charge in [-0.15, -0.1) is 0 Å². The molecule has 0 aliphatic heterocycles. The first-order chi connectivity index (χ1) is 9.24. The van der Waals surface area contributed by atoms with Crippen molar-refractivity contribution in [1.29, 1.82) is 0 Å². The van der Waals surface area contributed by atoms with Gasteiger partial charge in [-0.2, -0.15) is 8.78 Å². The number of carbonyl (C=O) groups is 2. The van der Waals surface area contributed by atoms with Gasteiger partial charge in [0.15, 0.2) is 0 Å². The summed E-state index contributed by atoms with van der Waals surface area (Å²) in [5.41, 5.74) is -0.272. The van der Waals surface area contributed by atoms with Crippen LogP contribution in [0.2, 0.25) is 0 Å². The number of carbonyl (C=O) groups excluding carboxylic acids is 1. The minimum Gasteiger partial charge on any atom is -0.478 e. The summed E-state index contributed by atoms with van der Waals surface area (Å²) in [6, 6.07) is 2.26. The largest absolute Gasteiger partial charge is 0.478 e. The zero-order valence-electron chi connectivity index (χ0n) is 9.92. The van der Waals surface area contributed by atoms with Gasteiger partial charge in [-0.3, -0.25) is 9.78 Å². The molecule has 0 saturated carbocycles. The van der Waals surface area contributed by atoms with Crippen molar-refractivity contribution in [1.82, 2.24) is 10.3 Å². The smallest absolute Gasteiger partial charge is 0.337 e. The van der Waals surface area contributed by atoms with Crippen LogP contribution in [0.1, 0.15) is 20.8 Å². The molecule has 0 aromatic carbocycles. The Bertz CT molecular complexity index is 601. The predicted octanol–water partition coefficient (Wildman–Crippen LogP) is 0.147. The van der Waals surface area contributed by atoms with Crippen LogP contribution < -0.4 is 5.32 Å². The van der Waals surface area contributed by atoms with E-state index in [0.29, 0.717) is 0 Å². The topological polar surface area (TPSA) is 113 Å². The van der Waals surface area contributed by atoms with E-state index in [1.807, 2.05) is 0 Å². The lowest BCUT2D eigenvalue weighted by Crippen LogP contribution is -2.31. The van der Waals surface area contributed by atoms with E-state index in [1.165, 1.54) is 0 Å². The molecule has 0 aliphatic carbocycles. The molecule has 0 bridgehead atoms. The van der Waals surface area contributed by atoms with Crippen LogP contribution in [0.25, 0.3) is 0 Å². The molecule has 2 N–H and O–H groups in total. The van der Waals surface area contributed by atoms with Crippen molar-refractivity contribution in [2.24, 2.45) is 0 Å². The van der Waals surface area contributed by atoms with Gasteiger partial charge < -0.3 is 10.4 Å². The molecular formula is C10H10F2N2O5S. The first-order valence-corrected chi connectivity index (χ1v) is 6.93. The number of hydrogen-bond acceptors (Lipinski definition) is 5. The molecule has 20 heavy (non-hydrogen) atoms. The van der Waals surface area contributed by atoms with Gasteiger partial charge in [0.25, 0.3) is 5.91 Å². The Balaban J connectivity index is 2.58. The fourth-order valence-corrected chi connectivity index (χ4v) is 1.71. The monoisotopic (exact) mass is 308 g/mol. The molecule has 1 aromatic heterocycles. The van der Waals surface area contributed by atoms with Crippen LogP contribution in [0, 0.1) is 0 Å². The molecule has 10 heteroatoms. The summed E-state index contributed by atoms with van der Waals surface area (Å²) in [5, 5.41) is 10.7. The molecule has 110 valence electrons. The van der Waals surface area contributed by atoms with Gasteiger partial charge in [0.1, 0.15) is 5.69 Å². The van der Waals surface area contributed by atoms with Crippen molar-refractivity contribution in [3.8, 4) is 0 Å². The molecule has 0 unspecified atom stereocenters. The van der Waals surface area contributed by atoms with E-state index in [2.05, 4.69) is 10.3 Å². The summed E-state index contributed by atoms with van der Waals surface area (Å²) >= 11 is 0. The van der Waals surface area contributed by atoms with Gasteiger partial charge in [-0.25, -0.2) is 13.2 Å². The molecule has 0 aliphatic rings. The Morgan fingerprint density at radius 2 is 2.00 bits per heavy atom. The Labute approximate surface area is 112 Å². The van der Waals surface area contributed by atoms with Crippen molar-refractivity contribution in [2.75, 3.05) is 12.3 Å². The number of alkyl halides is 2. The number of amides is 1. The van der Waals surface area contributed by atoms with E-state index in [-0.39, 0.29) is 11.3 Å². The lowest BCUT2D eigenvalue weighted by molar-refractivity contribution is 0.0695. The first kappa shape index (κ1) is 16.0. The van der Waals surface area contributed by atoms with Crippen molar-refractivity contribution < 1.29 is 31.9 Å². The highest BCUT2D eigenvalue weighted by Crippen LogP contribution is 2.05. The summed E-state index contributed by atoms with van der Waals surface area (Å²) in [4.78, 5) is 25.6. The molecule has 1 rings (SSSR count). The predicted molar refractivity (Wildman–Crippen MR) is 63.3 cm³/mol. The van der Waals surface area contributed by atoms with Crippen molar-refractivity contribution >= 4 is 21.7 Å². The minimum atomic E-state index is -4.54. The molecule has 1 aromatic rings. The fraction of sp³-hybridized carbons (Fsp3) is 0.300. The van der Waals surface area contributed by atoms with Crippen LogP contribution in [0.15, 0.2) is 18.3 Å². The first-order valence-electron chi connectivity index (χ1n) is 5.21. The molecular weight excluding hydrogens is 298 g/mol. The summed E-state index contributed by atoms with van der Waals surface area (Å²) in [6.07, 6.45) is 0.952. The van der Waals surface area contributed by atoms with Crippen LogP contribution in [-0.2, 0) is 9.84 Å². The maximum absolute atomic E-state index is 12.0. The Morgan fingerprint density at radius 1 is 1.35 bits per heavy atom. The number of nitrogens with zero attached hydrogens (tertiary/aromatic N) is 1. The molecule has 0 saturated heterocycles. The number of aromatic nitrogens is 1. The van der Waals surface area contributed by atoms with Gasteiger partial charge in [-0.1, -0.05) is 0 Å². The van der Waals surface area contributed by atoms with Gasteiger partial charge in [0.2, 0.25) is 9.84 Å². The molecule has 1 amide bonds. The third kappa shape index (κ3) is 4.23. The second kappa shape index (κ2) is 6.37. The molecule has 0 atom stereocenters. The van der Waals surface area contributed by atoms with Crippen molar-refractivity contribution in [2.45, 2.75) is 5.76 Å². The normalized spacial score (nSPS) is 11.3. The Morgan fingerprint density at radius 3 is 2.45 bits per heavy atom. The second-order valence-electron chi connectivity index (χ2n) is 3.62. The van der Waals surface area contributed by atoms with E-state index in [1.54, 1.807) is 0 Å². The van der Waals surface area contributed by atoms with Gasteiger partial charge >= 0.3 is 11.7 Å². The highest BCUT2D eigenvalue weighted by Gasteiger charge is 2.23. The number of rotatable bonds is 6. The van der Waals surface area contributed by atoms with E-state index < -0.39 is 39.8 Å². The number of carboxylic acids is 1. The zero-order valence-corrected chi connectivity index (χ0v) is 10.7. The van der Waals surface area contributed by atoms with Crippen molar-refractivity contribution in [3.05, 3.63) is 29.6 Å². The minimum absolute atomic E-state index is 0.123. The fourth-order valence-electron chi connectivity index (χ4n) is 1.14. The number of pyridine rings is 1. The number of hydrogen-bond donors (Lipinski definition) is 2. The van der Waals surface area contributed by atoms with Gasteiger partial charge in [-0.05, 0) is 12.1 Å². The van der Waals surface area contributed by atoms with Crippen LogP contribution >= 0.6 is 0 Å². The quantitative estimate of drug-likeness (QED) is 0.773. The summed E-state index contributed by atoms with van der Waals surface area (Å²) in [7, 11) is -4.54. The summed E-state index contributed by atoms with van der Waals surface area (Å²) < 4.78 is 45.6. The lowest BCUT2D eigenvalue weighted by atomic mass is 10.2. The number of carboxylic acid groups (broad SMARTS) is 1. The number of sulfone groups is 1. The second-order valence-corrected chi connectivity index (χ2v) is 5.71. The number of nitrogens with one attached hydrogen (secondary N) is 1. The van der Waals surface area contributed by atoms with Gasteiger partial charge in [0.05, 0.1) is 11.3 Å². The van der Waals surface area contributed by atoms with Crippen LogP contribution in [0.4, 0.5) is 8.78 Å². The zero-order chi connectivity index (χ0) is 15.3. The summed E-state index contributed by atoms with van der Waals surface area (Å²) in [6.45, 7) is -0.492. The van der Waals surface area contributed by atoms with E-state index in [9.17, 15) is 26.8 Å². The van der Waals surface area contributed by atoms with Crippen LogP contribution in [0.5, 0.6) is 0 Å². The highest BCUT2D eigenvalue weighted by molar-refractivity contribution is 7.91. The Kier molecular flexibility index (Phi) is 5.08. The lowest BCUT2D eigenvalue weighted by Gasteiger charge is -2.05. The van der Waals surface area contributed by atoms with Crippen LogP contribution in [-0.4, -0.2) is 48.4 Å². The highest BCUT2D eigenvalue weighted by atomic mass is 32.2. The van der Waals surface area contributed by atoms with E-state index >= 15 is 0 Å². The SMILES string of the molecule is O=C(O)c1ccc(C(=O)NCCS(=O)(=O)C(F)F)nc1. The third-order valence-electron chi connectivity index (χ3n) is 2.19. The van der Waals surface area contributed by atoms with E-state index in [0.717, 1.165) is 18.3 Å². The number of halogens is 2. The molecule has 1 heterocycles. The average Bonchev–Trinajstić information content (AvgIpc) is 2.38. The maximum Gasteiger partial charge on any atom is 0.337 e. The number of aromatic carboxylic acids is 1. The third-order valence-corrected chi connectivity index (χ3v) is 3.50.